The summed E-state index contributed by atoms with van der Waals surface area (Å²) in [6.07, 6.45) is 0.216. The molecule has 0 unspecified atom stereocenters. The first-order chi connectivity index (χ1) is 12.3. The summed E-state index contributed by atoms with van der Waals surface area (Å²) < 4.78 is 0. The maximum absolute atomic E-state index is 11.9. The Hall–Kier alpha value is -2.44. The molecular weight excluding hydrogens is 377 g/mol. The van der Waals surface area contributed by atoms with Crippen molar-refractivity contribution in [3.8, 4) is 0 Å². The zero-order chi connectivity index (χ0) is 19.0. The highest BCUT2D eigenvalue weighted by atomic mass is 35.5. The van der Waals surface area contributed by atoms with Crippen molar-refractivity contribution in [2.45, 2.75) is 25.3 Å². The van der Waals surface area contributed by atoms with E-state index < -0.39 is 18.0 Å². The molecule has 0 saturated carbocycles. The van der Waals surface area contributed by atoms with Crippen LogP contribution in [0.1, 0.15) is 29.0 Å². The van der Waals surface area contributed by atoms with Gasteiger partial charge in [0.15, 0.2) is 0 Å². The van der Waals surface area contributed by atoms with E-state index in [0.29, 0.717) is 21.3 Å². The van der Waals surface area contributed by atoms with E-state index in [0.717, 1.165) is 11.1 Å². The van der Waals surface area contributed by atoms with E-state index in [4.69, 9.17) is 28.9 Å². The normalized spacial score (nSPS) is 19.0. The van der Waals surface area contributed by atoms with Crippen molar-refractivity contribution in [3.63, 3.8) is 0 Å². The minimum absolute atomic E-state index is 0.216. The maximum atomic E-state index is 11.9. The van der Waals surface area contributed by atoms with Crippen LogP contribution in [0.15, 0.2) is 36.4 Å². The number of nitrogens with one attached hydrogen (secondary N) is 1. The molecule has 6 nitrogen and oxygen atoms in total. The minimum Gasteiger partial charge on any atom is -0.480 e. The molecule has 1 aliphatic rings. The van der Waals surface area contributed by atoms with Crippen LogP contribution in [0, 0.1) is 6.92 Å². The van der Waals surface area contributed by atoms with Gasteiger partial charge in [-0.2, -0.15) is 0 Å². The number of urea groups is 1. The fourth-order valence-electron chi connectivity index (χ4n) is 3.39. The number of nitrogens with two attached hydrogens (primary N) is 1. The van der Waals surface area contributed by atoms with Gasteiger partial charge in [-0.15, -0.1) is 0 Å². The van der Waals surface area contributed by atoms with Gasteiger partial charge in [-0.25, -0.2) is 15.0 Å². The predicted molar refractivity (Wildman–Crippen MR) is 101 cm³/mol. The van der Waals surface area contributed by atoms with Gasteiger partial charge in [-0.3, -0.25) is 5.01 Å². The summed E-state index contributed by atoms with van der Waals surface area (Å²) in [6, 6.07) is 9.11. The summed E-state index contributed by atoms with van der Waals surface area (Å²) in [4.78, 5) is 23.3. The molecule has 0 fully saturated rings. The number of carboxylic acid groups (broad SMARTS) is 1. The molecule has 2 aromatic rings. The highest BCUT2D eigenvalue weighted by Crippen LogP contribution is 2.46. The number of amides is 2. The summed E-state index contributed by atoms with van der Waals surface area (Å²) in [5.74, 6) is -1.35. The zero-order valence-corrected chi connectivity index (χ0v) is 15.4. The molecule has 2 atom stereocenters. The molecule has 3 rings (SSSR count). The van der Waals surface area contributed by atoms with Crippen LogP contribution in [0.4, 0.5) is 10.5 Å². The van der Waals surface area contributed by atoms with Crippen LogP contribution in [0.25, 0.3) is 0 Å². The Bertz CT molecular complexity index is 888. The van der Waals surface area contributed by atoms with Gasteiger partial charge in [-0.05, 0) is 31.0 Å². The number of anilines is 1. The lowest BCUT2D eigenvalue weighted by molar-refractivity contribution is -0.139. The summed E-state index contributed by atoms with van der Waals surface area (Å²) >= 11 is 12.6. The van der Waals surface area contributed by atoms with Gasteiger partial charge in [-0.1, -0.05) is 53.0 Å². The van der Waals surface area contributed by atoms with Crippen LogP contribution >= 0.6 is 23.2 Å². The van der Waals surface area contributed by atoms with E-state index in [1.807, 2.05) is 31.2 Å². The van der Waals surface area contributed by atoms with Crippen molar-refractivity contribution >= 4 is 40.9 Å². The third kappa shape index (κ3) is 3.43. The molecule has 2 aromatic carbocycles. The number of aliphatic carboxylic acids is 1. The molecule has 8 heteroatoms. The van der Waals surface area contributed by atoms with Crippen LogP contribution in [0.2, 0.25) is 10.0 Å². The Kier molecular flexibility index (Phi) is 4.98. The van der Waals surface area contributed by atoms with Crippen molar-refractivity contribution in [2.75, 3.05) is 5.01 Å². The second-order valence-electron chi connectivity index (χ2n) is 6.22. The first-order valence-corrected chi connectivity index (χ1v) is 8.67. The van der Waals surface area contributed by atoms with Gasteiger partial charge >= 0.3 is 12.0 Å². The number of hydrogen-bond acceptors (Lipinski definition) is 3. The highest BCUT2D eigenvalue weighted by molar-refractivity contribution is 6.35. The molecule has 1 heterocycles. The maximum Gasteiger partial charge on any atom is 0.331 e. The van der Waals surface area contributed by atoms with Crippen LogP contribution in [-0.2, 0) is 4.79 Å². The number of fused-ring (bicyclic) bond motifs is 1. The predicted octanol–water partition coefficient (Wildman–Crippen LogP) is 3.68. The number of benzene rings is 2. The Morgan fingerprint density at radius 2 is 2.00 bits per heavy atom. The lowest BCUT2D eigenvalue weighted by Gasteiger charge is -2.40. The van der Waals surface area contributed by atoms with Gasteiger partial charge in [0, 0.05) is 21.5 Å². The Morgan fingerprint density at radius 1 is 1.27 bits per heavy atom. The molecule has 1 aliphatic heterocycles. The summed E-state index contributed by atoms with van der Waals surface area (Å²) in [6.45, 7) is 1.96. The average Bonchev–Trinajstić information content (AvgIpc) is 2.54. The Morgan fingerprint density at radius 3 is 2.62 bits per heavy atom. The number of rotatable bonds is 3. The van der Waals surface area contributed by atoms with Gasteiger partial charge in [0.25, 0.3) is 0 Å². The molecule has 4 N–H and O–H groups in total. The first-order valence-electron chi connectivity index (χ1n) is 7.91. The van der Waals surface area contributed by atoms with Crippen molar-refractivity contribution in [1.29, 1.82) is 0 Å². The fraction of sp³-hybridized carbons (Fsp3) is 0.222. The molecule has 0 spiro atoms. The van der Waals surface area contributed by atoms with E-state index in [1.165, 1.54) is 5.01 Å². The largest absolute Gasteiger partial charge is 0.480 e. The van der Waals surface area contributed by atoms with E-state index in [2.05, 4.69) is 5.43 Å². The summed E-state index contributed by atoms with van der Waals surface area (Å²) in [5.41, 5.74) is 10.7. The van der Waals surface area contributed by atoms with Gasteiger partial charge in [0.05, 0.1) is 5.69 Å². The number of hydrazine groups is 1. The van der Waals surface area contributed by atoms with E-state index in [9.17, 15) is 14.7 Å². The quantitative estimate of drug-likeness (QED) is 0.740. The van der Waals surface area contributed by atoms with Gasteiger partial charge in [0.1, 0.15) is 6.04 Å². The lowest BCUT2D eigenvalue weighted by Crippen LogP contribution is -2.56. The Balaban J connectivity index is 2.22. The third-order valence-electron chi connectivity index (χ3n) is 4.41. The van der Waals surface area contributed by atoms with Crippen molar-refractivity contribution in [2.24, 2.45) is 5.73 Å². The molecule has 26 heavy (non-hydrogen) atoms. The van der Waals surface area contributed by atoms with E-state index in [1.54, 1.807) is 12.1 Å². The molecule has 0 aromatic heterocycles. The average molecular weight is 394 g/mol. The fourth-order valence-corrected chi connectivity index (χ4v) is 4.00. The Labute approximate surface area is 160 Å². The molecule has 2 amide bonds. The number of hydrogen-bond donors (Lipinski definition) is 3. The second kappa shape index (κ2) is 7.05. The van der Waals surface area contributed by atoms with E-state index in [-0.39, 0.29) is 12.3 Å². The van der Waals surface area contributed by atoms with Gasteiger partial charge < -0.3 is 10.8 Å². The standard InChI is InChI=1S/C18H17Cl2N3O3/c1-9-3-2-4-10(5-9)12-8-15(17(24)25)23(22-18(21)26)14-7-11(19)6-13(20)16(12)14/h2-7,12,15H,8H2,1H3,(H,24,25)(H3,21,22,26)/t12-,15-/m1/s1. The van der Waals surface area contributed by atoms with E-state index >= 15 is 0 Å². The number of primary amides is 1. The van der Waals surface area contributed by atoms with Crippen molar-refractivity contribution < 1.29 is 14.7 Å². The lowest BCUT2D eigenvalue weighted by atomic mass is 9.81. The number of nitrogens with zero attached hydrogens (tertiary/aromatic N) is 1. The summed E-state index contributed by atoms with van der Waals surface area (Å²) in [5, 5.41) is 11.7. The molecule has 0 aliphatic carbocycles. The molecule has 0 bridgehead atoms. The number of halogens is 2. The summed E-state index contributed by atoms with van der Waals surface area (Å²) in [7, 11) is 0. The number of carbonyl (C=O) groups excluding carboxylic acids is 1. The minimum atomic E-state index is -1.09. The van der Waals surface area contributed by atoms with Crippen molar-refractivity contribution in [3.05, 3.63) is 63.1 Å². The van der Waals surface area contributed by atoms with Crippen LogP contribution in [0.5, 0.6) is 0 Å². The zero-order valence-electron chi connectivity index (χ0n) is 13.9. The smallest absolute Gasteiger partial charge is 0.331 e. The number of carboxylic acids is 1. The number of aryl methyl sites for hydroxylation is 1. The van der Waals surface area contributed by atoms with Crippen molar-refractivity contribution in [1.82, 2.24) is 5.43 Å². The third-order valence-corrected chi connectivity index (χ3v) is 4.94. The molecule has 0 radical (unpaired) electrons. The molecule has 0 saturated heterocycles. The molecule has 136 valence electrons. The SMILES string of the molecule is Cc1cccc([C@H]2C[C@H](C(=O)O)N(NC(N)=O)c3cc(Cl)cc(Cl)c32)c1. The number of carbonyl (C=O) groups is 2. The van der Waals surface area contributed by atoms with Gasteiger partial charge in [0.2, 0.25) is 0 Å². The molecular formula is C18H17Cl2N3O3. The first kappa shape index (κ1) is 18.4. The second-order valence-corrected chi connectivity index (χ2v) is 7.07. The monoisotopic (exact) mass is 393 g/mol. The van der Waals surface area contributed by atoms with Crippen LogP contribution in [0.3, 0.4) is 0 Å². The van der Waals surface area contributed by atoms with Crippen LogP contribution < -0.4 is 16.2 Å². The topological polar surface area (TPSA) is 95.7 Å². The van der Waals surface area contributed by atoms with Crippen LogP contribution in [-0.4, -0.2) is 23.1 Å². The highest BCUT2D eigenvalue weighted by Gasteiger charge is 2.39.